The summed E-state index contributed by atoms with van der Waals surface area (Å²) in [7, 11) is 0. The number of amides is 2. The number of hydrogen-bond acceptors (Lipinski definition) is 3. The zero-order valence-electron chi connectivity index (χ0n) is 17.7. The van der Waals surface area contributed by atoms with E-state index in [1.54, 1.807) is 0 Å². The number of nitrogens with zero attached hydrogens (tertiary/aromatic N) is 2. The van der Waals surface area contributed by atoms with Gasteiger partial charge < -0.3 is 10.2 Å². The molecule has 4 rings (SSSR count). The second-order valence-electron chi connectivity index (χ2n) is 9.48. The molecule has 1 aromatic rings. The zero-order chi connectivity index (χ0) is 20.3. The fourth-order valence-corrected chi connectivity index (χ4v) is 5.55. The van der Waals surface area contributed by atoms with E-state index in [4.69, 9.17) is 0 Å². The Labute approximate surface area is 174 Å². The molecule has 1 N–H and O–H groups in total. The highest BCUT2D eigenvalue weighted by atomic mass is 16.2. The molecule has 1 aromatic carbocycles. The van der Waals surface area contributed by atoms with E-state index in [0.717, 1.165) is 56.7 Å². The van der Waals surface area contributed by atoms with Gasteiger partial charge in [-0.3, -0.25) is 14.5 Å². The average molecular weight is 398 g/mol. The lowest BCUT2D eigenvalue weighted by atomic mass is 9.64. The number of likely N-dealkylation sites (tertiary alicyclic amines) is 2. The number of carbonyl (C=O) groups is 2. The van der Waals surface area contributed by atoms with Crippen molar-refractivity contribution < 1.29 is 9.59 Å². The molecule has 2 heterocycles. The van der Waals surface area contributed by atoms with Crippen LogP contribution in [0.2, 0.25) is 0 Å². The van der Waals surface area contributed by atoms with Crippen LogP contribution < -0.4 is 5.32 Å². The van der Waals surface area contributed by atoms with Crippen LogP contribution in [0.1, 0.15) is 67.8 Å². The van der Waals surface area contributed by atoms with Crippen molar-refractivity contribution in [2.75, 3.05) is 32.7 Å². The Bertz CT molecular complexity index is 705. The largest absolute Gasteiger partial charge is 0.358 e. The molecule has 2 aliphatic heterocycles. The van der Waals surface area contributed by atoms with Crippen molar-refractivity contribution in [3.63, 3.8) is 0 Å². The summed E-state index contributed by atoms with van der Waals surface area (Å²) in [6.45, 7) is 7.22. The summed E-state index contributed by atoms with van der Waals surface area (Å²) in [6.07, 6.45) is 9.05. The number of hydrogen-bond donors (Lipinski definition) is 1. The minimum atomic E-state index is 0.0619. The second-order valence-corrected chi connectivity index (χ2v) is 9.48. The standard InChI is InChI=1S/C24H35N3O2/c1-19-4-2-13-27(16-19)22-9-14-26(15-10-22)23(29)20-5-7-21(8-6-20)24(11-3-12-24)17-25-18-28/h5-8,18-19,22H,2-4,9-17H2,1H3,(H,25,28). The Morgan fingerprint density at radius 3 is 2.41 bits per heavy atom. The normalized spacial score (nSPS) is 25.3. The Hall–Kier alpha value is -1.88. The second kappa shape index (κ2) is 8.86. The molecule has 5 nitrogen and oxygen atoms in total. The Balaban J connectivity index is 1.34. The van der Waals surface area contributed by atoms with Gasteiger partial charge in [-0.2, -0.15) is 0 Å². The van der Waals surface area contributed by atoms with Crippen LogP contribution >= 0.6 is 0 Å². The maximum Gasteiger partial charge on any atom is 0.253 e. The van der Waals surface area contributed by atoms with Crippen LogP contribution in [0.4, 0.5) is 0 Å². The van der Waals surface area contributed by atoms with E-state index in [2.05, 4.69) is 29.3 Å². The lowest BCUT2D eigenvalue weighted by Gasteiger charge is -2.42. The molecule has 2 saturated heterocycles. The van der Waals surface area contributed by atoms with Crippen LogP contribution in [0, 0.1) is 5.92 Å². The Morgan fingerprint density at radius 2 is 1.83 bits per heavy atom. The third-order valence-electron chi connectivity index (χ3n) is 7.54. The summed E-state index contributed by atoms with van der Waals surface area (Å²) >= 11 is 0. The third-order valence-corrected chi connectivity index (χ3v) is 7.54. The van der Waals surface area contributed by atoms with Gasteiger partial charge in [0.25, 0.3) is 5.91 Å². The Morgan fingerprint density at radius 1 is 1.10 bits per heavy atom. The predicted molar refractivity (Wildman–Crippen MR) is 115 cm³/mol. The topological polar surface area (TPSA) is 52.6 Å². The minimum Gasteiger partial charge on any atom is -0.358 e. The number of rotatable bonds is 6. The molecule has 5 heteroatoms. The molecule has 3 fully saturated rings. The summed E-state index contributed by atoms with van der Waals surface area (Å²) in [5.41, 5.74) is 2.09. The SMILES string of the molecule is CC1CCCN(C2CCN(C(=O)c3ccc(C4(CNC=O)CCC4)cc3)CC2)C1. The van der Waals surface area contributed by atoms with Gasteiger partial charge in [-0.25, -0.2) is 0 Å². The van der Waals surface area contributed by atoms with E-state index < -0.39 is 0 Å². The number of carbonyl (C=O) groups excluding carboxylic acids is 2. The maximum atomic E-state index is 13.0. The van der Waals surface area contributed by atoms with E-state index >= 15 is 0 Å². The molecule has 0 spiro atoms. The molecule has 0 radical (unpaired) electrons. The van der Waals surface area contributed by atoms with E-state index in [1.807, 2.05) is 17.0 Å². The molecule has 1 aliphatic carbocycles. The van der Waals surface area contributed by atoms with Gasteiger partial charge in [-0.15, -0.1) is 0 Å². The first-order valence-corrected chi connectivity index (χ1v) is 11.4. The number of benzene rings is 1. The summed E-state index contributed by atoms with van der Waals surface area (Å²) in [5.74, 6) is 0.971. The lowest BCUT2D eigenvalue weighted by molar-refractivity contribution is -0.109. The molecule has 1 unspecified atom stereocenters. The van der Waals surface area contributed by atoms with Crippen LogP contribution in [-0.2, 0) is 10.2 Å². The van der Waals surface area contributed by atoms with Crippen LogP contribution in [-0.4, -0.2) is 60.9 Å². The highest BCUT2D eigenvalue weighted by Gasteiger charge is 2.38. The first-order chi connectivity index (χ1) is 14.1. The van der Waals surface area contributed by atoms with E-state index in [9.17, 15) is 9.59 Å². The molecule has 1 saturated carbocycles. The molecule has 29 heavy (non-hydrogen) atoms. The van der Waals surface area contributed by atoms with Gasteiger partial charge in [0.05, 0.1) is 0 Å². The first kappa shape index (κ1) is 20.4. The van der Waals surface area contributed by atoms with Crippen LogP contribution in [0.5, 0.6) is 0 Å². The van der Waals surface area contributed by atoms with Gasteiger partial charge >= 0.3 is 0 Å². The minimum absolute atomic E-state index is 0.0619. The molecule has 158 valence electrons. The number of piperidine rings is 2. The third kappa shape index (κ3) is 4.35. The quantitative estimate of drug-likeness (QED) is 0.750. The monoisotopic (exact) mass is 397 g/mol. The fraction of sp³-hybridized carbons (Fsp3) is 0.667. The lowest BCUT2D eigenvalue weighted by Crippen LogP contribution is -2.49. The average Bonchev–Trinajstić information content (AvgIpc) is 2.73. The van der Waals surface area contributed by atoms with E-state index in [1.165, 1.54) is 37.9 Å². The molecular formula is C24H35N3O2. The van der Waals surface area contributed by atoms with E-state index in [-0.39, 0.29) is 11.3 Å². The molecule has 0 bridgehead atoms. The summed E-state index contributed by atoms with van der Waals surface area (Å²) in [4.78, 5) is 28.4. The summed E-state index contributed by atoms with van der Waals surface area (Å²) in [6, 6.07) is 8.81. The van der Waals surface area contributed by atoms with Crippen molar-refractivity contribution in [3.05, 3.63) is 35.4 Å². The molecule has 3 aliphatic rings. The summed E-state index contributed by atoms with van der Waals surface area (Å²) in [5, 5.41) is 2.85. The van der Waals surface area contributed by atoms with Crippen molar-refractivity contribution in [1.29, 1.82) is 0 Å². The number of nitrogens with one attached hydrogen (secondary N) is 1. The van der Waals surface area contributed by atoms with E-state index in [0.29, 0.717) is 12.6 Å². The van der Waals surface area contributed by atoms with Crippen LogP contribution in [0.3, 0.4) is 0 Å². The van der Waals surface area contributed by atoms with Crippen LogP contribution in [0.25, 0.3) is 0 Å². The van der Waals surface area contributed by atoms with Gasteiger partial charge in [0, 0.05) is 43.2 Å². The highest BCUT2D eigenvalue weighted by Crippen LogP contribution is 2.43. The van der Waals surface area contributed by atoms with Crippen LogP contribution in [0.15, 0.2) is 24.3 Å². The van der Waals surface area contributed by atoms with Gasteiger partial charge in [-0.05, 0) is 68.7 Å². The predicted octanol–water partition coefficient (Wildman–Crippen LogP) is 3.19. The highest BCUT2D eigenvalue weighted by molar-refractivity contribution is 5.94. The maximum absolute atomic E-state index is 13.0. The first-order valence-electron chi connectivity index (χ1n) is 11.4. The fourth-order valence-electron chi connectivity index (χ4n) is 5.55. The Kier molecular flexibility index (Phi) is 6.23. The molecule has 0 aromatic heterocycles. The van der Waals surface area contributed by atoms with Crippen molar-refractivity contribution >= 4 is 12.3 Å². The molecule has 2 amide bonds. The van der Waals surface area contributed by atoms with Crippen molar-refractivity contribution in [1.82, 2.24) is 15.1 Å². The van der Waals surface area contributed by atoms with Gasteiger partial charge in [0.2, 0.25) is 6.41 Å². The van der Waals surface area contributed by atoms with Crippen molar-refractivity contribution in [3.8, 4) is 0 Å². The zero-order valence-corrected chi connectivity index (χ0v) is 17.7. The van der Waals surface area contributed by atoms with Gasteiger partial charge in [0.1, 0.15) is 0 Å². The van der Waals surface area contributed by atoms with Gasteiger partial charge in [-0.1, -0.05) is 25.5 Å². The van der Waals surface area contributed by atoms with Gasteiger partial charge in [0.15, 0.2) is 0 Å². The molecule has 1 atom stereocenters. The molecular weight excluding hydrogens is 362 g/mol. The van der Waals surface area contributed by atoms with Crippen molar-refractivity contribution in [2.45, 2.75) is 63.3 Å². The smallest absolute Gasteiger partial charge is 0.253 e. The summed E-state index contributed by atoms with van der Waals surface area (Å²) < 4.78 is 0. The van der Waals surface area contributed by atoms with Crippen molar-refractivity contribution in [2.24, 2.45) is 5.92 Å².